The van der Waals surface area contributed by atoms with E-state index < -0.39 is 6.04 Å². The van der Waals surface area contributed by atoms with Crippen LogP contribution in [0.3, 0.4) is 0 Å². The highest BCUT2D eigenvalue weighted by Gasteiger charge is 2.40. The number of para-hydroxylation sites is 1. The van der Waals surface area contributed by atoms with Gasteiger partial charge >= 0.3 is 5.97 Å². The summed E-state index contributed by atoms with van der Waals surface area (Å²) in [6, 6.07) is 19.2. The Balaban J connectivity index is 1.87. The lowest BCUT2D eigenvalue weighted by atomic mass is 10.0. The third kappa shape index (κ3) is 2.97. The Morgan fingerprint density at radius 2 is 1.77 bits per heavy atom. The standard InChI is InChI=1S/C18H19NO3/c1-2-21-18(20)16-13-17(14-9-5-3-6-10-14)22-19(16)15-11-7-4-8-12-15/h3-12,16-17H,2,13H2,1H3/t16-,17+/m0/s1. The molecule has 4 nitrogen and oxygen atoms in total. The number of hydrogen-bond acceptors (Lipinski definition) is 4. The van der Waals surface area contributed by atoms with E-state index in [1.54, 1.807) is 5.06 Å². The maximum Gasteiger partial charge on any atom is 0.331 e. The molecule has 0 amide bonds. The zero-order valence-electron chi connectivity index (χ0n) is 12.5. The maximum absolute atomic E-state index is 12.3. The van der Waals surface area contributed by atoms with Gasteiger partial charge < -0.3 is 4.74 Å². The van der Waals surface area contributed by atoms with Crippen LogP contribution in [0, 0.1) is 0 Å². The van der Waals surface area contributed by atoms with Crippen molar-refractivity contribution in [1.29, 1.82) is 0 Å². The molecule has 0 spiro atoms. The first-order valence-electron chi connectivity index (χ1n) is 7.52. The second-order valence-corrected chi connectivity index (χ2v) is 5.17. The average Bonchev–Trinajstić information content (AvgIpc) is 3.02. The van der Waals surface area contributed by atoms with Gasteiger partial charge in [0.25, 0.3) is 0 Å². The van der Waals surface area contributed by atoms with Crippen molar-refractivity contribution in [2.24, 2.45) is 0 Å². The Morgan fingerprint density at radius 3 is 2.41 bits per heavy atom. The maximum atomic E-state index is 12.3. The zero-order valence-corrected chi connectivity index (χ0v) is 12.5. The molecule has 2 aromatic rings. The molecule has 114 valence electrons. The van der Waals surface area contributed by atoms with Gasteiger partial charge in [-0.2, -0.15) is 0 Å². The summed E-state index contributed by atoms with van der Waals surface area (Å²) >= 11 is 0. The van der Waals surface area contributed by atoms with Crippen molar-refractivity contribution >= 4 is 11.7 Å². The van der Waals surface area contributed by atoms with E-state index in [1.807, 2.05) is 67.6 Å². The molecule has 0 bridgehead atoms. The second kappa shape index (κ2) is 6.62. The molecule has 1 aliphatic rings. The van der Waals surface area contributed by atoms with Crippen molar-refractivity contribution in [3.63, 3.8) is 0 Å². The number of anilines is 1. The van der Waals surface area contributed by atoms with Gasteiger partial charge in [0.05, 0.1) is 12.3 Å². The number of esters is 1. The fourth-order valence-corrected chi connectivity index (χ4v) is 2.66. The van der Waals surface area contributed by atoms with Crippen LogP contribution in [-0.4, -0.2) is 18.6 Å². The first-order valence-corrected chi connectivity index (χ1v) is 7.52. The molecular weight excluding hydrogens is 278 g/mol. The van der Waals surface area contributed by atoms with Crippen LogP contribution >= 0.6 is 0 Å². The highest BCUT2D eigenvalue weighted by atomic mass is 16.7. The summed E-state index contributed by atoms with van der Waals surface area (Å²) in [5, 5.41) is 1.68. The zero-order chi connectivity index (χ0) is 15.4. The van der Waals surface area contributed by atoms with E-state index in [4.69, 9.17) is 9.57 Å². The number of hydroxylamine groups is 1. The molecule has 0 aliphatic carbocycles. The molecule has 3 rings (SSSR count). The van der Waals surface area contributed by atoms with E-state index in [9.17, 15) is 4.79 Å². The third-order valence-corrected chi connectivity index (χ3v) is 3.70. The summed E-state index contributed by atoms with van der Waals surface area (Å²) in [6.07, 6.45) is 0.438. The summed E-state index contributed by atoms with van der Waals surface area (Å²) in [4.78, 5) is 18.3. The summed E-state index contributed by atoms with van der Waals surface area (Å²) < 4.78 is 5.20. The number of hydrogen-bond donors (Lipinski definition) is 0. The van der Waals surface area contributed by atoms with Crippen molar-refractivity contribution < 1.29 is 14.4 Å². The molecule has 1 heterocycles. The van der Waals surface area contributed by atoms with Crippen LogP contribution in [0.5, 0.6) is 0 Å². The molecular formula is C18H19NO3. The van der Waals surface area contributed by atoms with Gasteiger partial charge in [0.15, 0.2) is 6.04 Å². The highest BCUT2D eigenvalue weighted by Crippen LogP contribution is 2.36. The van der Waals surface area contributed by atoms with Gasteiger partial charge in [-0.1, -0.05) is 48.5 Å². The fraction of sp³-hybridized carbons (Fsp3) is 0.278. The number of rotatable bonds is 4. The lowest BCUT2D eigenvalue weighted by molar-refractivity contribution is -0.145. The van der Waals surface area contributed by atoms with E-state index >= 15 is 0 Å². The van der Waals surface area contributed by atoms with Crippen LogP contribution in [0.25, 0.3) is 0 Å². The summed E-state index contributed by atoms with van der Waals surface area (Å²) in [7, 11) is 0. The number of ether oxygens (including phenoxy) is 1. The normalized spacial score (nSPS) is 20.9. The van der Waals surface area contributed by atoms with Crippen molar-refractivity contribution in [3.05, 3.63) is 66.2 Å². The molecule has 0 radical (unpaired) electrons. The fourth-order valence-electron chi connectivity index (χ4n) is 2.66. The third-order valence-electron chi connectivity index (χ3n) is 3.70. The first-order chi connectivity index (χ1) is 10.8. The predicted molar refractivity (Wildman–Crippen MR) is 84.2 cm³/mol. The average molecular weight is 297 g/mol. The molecule has 22 heavy (non-hydrogen) atoms. The van der Waals surface area contributed by atoms with Crippen LogP contribution in [0.4, 0.5) is 5.69 Å². The largest absolute Gasteiger partial charge is 0.464 e. The highest BCUT2D eigenvalue weighted by molar-refractivity contribution is 5.80. The van der Waals surface area contributed by atoms with Crippen molar-refractivity contribution in [2.45, 2.75) is 25.5 Å². The second-order valence-electron chi connectivity index (χ2n) is 5.17. The van der Waals surface area contributed by atoms with Crippen molar-refractivity contribution in [2.75, 3.05) is 11.7 Å². The SMILES string of the molecule is CCOC(=O)[C@@H]1C[C@H](c2ccccc2)ON1c1ccccc1. The van der Waals surface area contributed by atoms with Crippen molar-refractivity contribution in [1.82, 2.24) is 0 Å². The van der Waals surface area contributed by atoms with E-state index in [-0.39, 0.29) is 12.1 Å². The van der Waals surface area contributed by atoms with Crippen molar-refractivity contribution in [3.8, 4) is 0 Å². The molecule has 1 saturated heterocycles. The Labute approximate surface area is 130 Å². The Morgan fingerprint density at radius 1 is 1.14 bits per heavy atom. The van der Waals surface area contributed by atoms with E-state index in [0.29, 0.717) is 13.0 Å². The first kappa shape index (κ1) is 14.6. The summed E-state index contributed by atoms with van der Waals surface area (Å²) in [5.74, 6) is -0.246. The van der Waals surface area contributed by atoms with Crippen LogP contribution in [0.1, 0.15) is 25.0 Å². The van der Waals surface area contributed by atoms with Gasteiger partial charge in [-0.15, -0.1) is 0 Å². The minimum atomic E-state index is -0.424. The number of carbonyl (C=O) groups is 1. The minimum absolute atomic E-state index is 0.143. The molecule has 1 aliphatic heterocycles. The van der Waals surface area contributed by atoms with Crippen LogP contribution in [0.15, 0.2) is 60.7 Å². The smallest absolute Gasteiger partial charge is 0.331 e. The molecule has 2 aromatic carbocycles. The van der Waals surface area contributed by atoms with Crippen LogP contribution in [-0.2, 0) is 14.4 Å². The Bertz CT molecular complexity index is 615. The number of carbonyl (C=O) groups excluding carboxylic acids is 1. The van der Waals surface area contributed by atoms with E-state index in [2.05, 4.69) is 0 Å². The van der Waals surface area contributed by atoms with Gasteiger partial charge in [0.1, 0.15) is 6.10 Å². The predicted octanol–water partition coefficient (Wildman–Crippen LogP) is 3.50. The van der Waals surface area contributed by atoms with E-state index in [1.165, 1.54) is 0 Å². The van der Waals surface area contributed by atoms with Crippen LogP contribution in [0.2, 0.25) is 0 Å². The molecule has 0 saturated carbocycles. The van der Waals surface area contributed by atoms with Gasteiger partial charge in [-0.3, -0.25) is 4.84 Å². The molecule has 1 fully saturated rings. The lowest BCUT2D eigenvalue weighted by Gasteiger charge is -2.23. The van der Waals surface area contributed by atoms with Gasteiger partial charge in [-0.25, -0.2) is 9.86 Å². The molecule has 0 N–H and O–H groups in total. The molecule has 0 aromatic heterocycles. The monoisotopic (exact) mass is 297 g/mol. The topological polar surface area (TPSA) is 38.8 Å². The summed E-state index contributed by atoms with van der Waals surface area (Å²) in [5.41, 5.74) is 1.93. The van der Waals surface area contributed by atoms with Gasteiger partial charge in [0.2, 0.25) is 0 Å². The molecule has 2 atom stereocenters. The van der Waals surface area contributed by atoms with Crippen LogP contribution < -0.4 is 5.06 Å². The lowest BCUT2D eigenvalue weighted by Crippen LogP contribution is -2.36. The number of nitrogens with zero attached hydrogens (tertiary/aromatic N) is 1. The quantitative estimate of drug-likeness (QED) is 0.810. The minimum Gasteiger partial charge on any atom is -0.464 e. The number of benzene rings is 2. The Hall–Kier alpha value is -2.33. The molecule has 0 unspecified atom stereocenters. The molecule has 4 heteroatoms. The van der Waals surface area contributed by atoms with Gasteiger partial charge in [-0.05, 0) is 24.6 Å². The Kier molecular flexibility index (Phi) is 4.39. The van der Waals surface area contributed by atoms with Gasteiger partial charge in [0, 0.05) is 6.42 Å². The summed E-state index contributed by atoms with van der Waals surface area (Å²) in [6.45, 7) is 2.18. The van der Waals surface area contributed by atoms with E-state index in [0.717, 1.165) is 11.3 Å².